The number of nitrogens with zero attached hydrogens (tertiary/aromatic N) is 6. The zero-order valence-corrected chi connectivity index (χ0v) is 18.7. The van der Waals surface area contributed by atoms with Gasteiger partial charge >= 0.3 is 0 Å². The Labute approximate surface area is 196 Å². The summed E-state index contributed by atoms with van der Waals surface area (Å²) in [7, 11) is 1.60. The molecule has 4 aromatic rings. The van der Waals surface area contributed by atoms with Crippen molar-refractivity contribution in [3.63, 3.8) is 0 Å². The quantitative estimate of drug-likeness (QED) is 0.449. The van der Waals surface area contributed by atoms with Crippen LogP contribution in [0, 0.1) is 0 Å². The molecule has 2 aromatic heterocycles. The summed E-state index contributed by atoms with van der Waals surface area (Å²) in [6.07, 6.45) is 3.21. The van der Waals surface area contributed by atoms with E-state index in [-0.39, 0.29) is 11.8 Å². The van der Waals surface area contributed by atoms with E-state index in [2.05, 4.69) is 40.6 Å². The molecule has 1 aliphatic heterocycles. The maximum absolute atomic E-state index is 11.9. The molecule has 10 heteroatoms. The number of hydrogen-bond donors (Lipinski definition) is 2. The highest BCUT2D eigenvalue weighted by atomic mass is 16.5. The van der Waals surface area contributed by atoms with Crippen molar-refractivity contribution in [2.75, 3.05) is 30.4 Å². The average molecular weight is 457 g/mol. The summed E-state index contributed by atoms with van der Waals surface area (Å²) >= 11 is 0. The molecule has 1 saturated heterocycles. The van der Waals surface area contributed by atoms with E-state index in [0.29, 0.717) is 29.2 Å². The fraction of sp³-hybridized carbons (Fsp3) is 0.250. The number of carbonyl (C=O) groups excluding carboxylic acids is 1. The van der Waals surface area contributed by atoms with Gasteiger partial charge in [0, 0.05) is 42.9 Å². The Balaban J connectivity index is 1.23. The van der Waals surface area contributed by atoms with Gasteiger partial charge in [-0.25, -0.2) is 9.97 Å². The van der Waals surface area contributed by atoms with E-state index < -0.39 is 0 Å². The largest absolute Gasteiger partial charge is 0.355 e. The van der Waals surface area contributed by atoms with Crippen LogP contribution in [0.3, 0.4) is 0 Å². The summed E-state index contributed by atoms with van der Waals surface area (Å²) in [6, 6.07) is 17.0. The first kappa shape index (κ1) is 21.5. The Morgan fingerprint density at radius 3 is 2.65 bits per heavy atom. The van der Waals surface area contributed by atoms with Gasteiger partial charge < -0.3 is 20.1 Å². The highest BCUT2D eigenvalue weighted by Gasteiger charge is 2.27. The number of anilines is 3. The first-order chi connectivity index (χ1) is 16.7. The van der Waals surface area contributed by atoms with Gasteiger partial charge in [-0.15, -0.1) is 0 Å². The van der Waals surface area contributed by atoms with Crippen LogP contribution in [0.1, 0.15) is 35.0 Å². The van der Waals surface area contributed by atoms with Crippen molar-refractivity contribution in [3.8, 4) is 11.4 Å². The van der Waals surface area contributed by atoms with Gasteiger partial charge in [-0.05, 0) is 31.0 Å². The van der Waals surface area contributed by atoms with E-state index in [4.69, 9.17) is 4.52 Å². The summed E-state index contributed by atoms with van der Waals surface area (Å²) in [6.45, 7) is 1.53. The summed E-state index contributed by atoms with van der Waals surface area (Å²) in [5, 5.41) is 9.92. The molecule has 172 valence electrons. The first-order valence-electron chi connectivity index (χ1n) is 11.1. The minimum atomic E-state index is -0.153. The van der Waals surface area contributed by atoms with E-state index in [1.165, 1.54) is 6.33 Å². The van der Waals surface area contributed by atoms with Gasteiger partial charge in [0.05, 0.1) is 0 Å². The highest BCUT2D eigenvalue weighted by Crippen LogP contribution is 2.30. The van der Waals surface area contributed by atoms with Crippen LogP contribution in [0.2, 0.25) is 0 Å². The Bertz CT molecular complexity index is 1270. The maximum atomic E-state index is 11.9. The zero-order chi connectivity index (χ0) is 23.3. The maximum Gasteiger partial charge on any atom is 0.251 e. The summed E-state index contributed by atoms with van der Waals surface area (Å²) < 4.78 is 5.56. The third-order valence-corrected chi connectivity index (χ3v) is 5.77. The zero-order valence-electron chi connectivity index (χ0n) is 18.7. The lowest BCUT2D eigenvalue weighted by Gasteiger charge is -2.30. The molecular weight excluding hydrogens is 432 g/mol. The van der Waals surface area contributed by atoms with Crippen molar-refractivity contribution >= 4 is 23.5 Å². The normalized spacial score (nSPS) is 14.1. The summed E-state index contributed by atoms with van der Waals surface area (Å²) in [4.78, 5) is 31.8. The van der Waals surface area contributed by atoms with E-state index >= 15 is 0 Å². The third kappa shape index (κ3) is 4.70. The minimum absolute atomic E-state index is 0.153. The Morgan fingerprint density at radius 1 is 1.03 bits per heavy atom. The molecule has 0 aliphatic carbocycles. The van der Waals surface area contributed by atoms with Crippen molar-refractivity contribution in [1.82, 2.24) is 30.4 Å². The molecule has 0 unspecified atom stereocenters. The van der Waals surface area contributed by atoms with Crippen LogP contribution in [0.5, 0.6) is 0 Å². The van der Waals surface area contributed by atoms with Crippen LogP contribution < -0.4 is 15.5 Å². The van der Waals surface area contributed by atoms with Crippen molar-refractivity contribution in [3.05, 3.63) is 72.4 Å². The molecule has 10 nitrogen and oxygen atoms in total. The Morgan fingerprint density at radius 2 is 1.85 bits per heavy atom. The molecule has 0 atom stereocenters. The summed E-state index contributed by atoms with van der Waals surface area (Å²) in [5.74, 6) is 2.37. The topological polar surface area (TPSA) is 122 Å². The Kier molecular flexibility index (Phi) is 6.11. The van der Waals surface area contributed by atoms with E-state index in [0.717, 1.165) is 37.2 Å². The van der Waals surface area contributed by atoms with Gasteiger partial charge in [0.25, 0.3) is 5.91 Å². The van der Waals surface area contributed by atoms with Crippen molar-refractivity contribution in [2.24, 2.45) is 0 Å². The molecule has 0 radical (unpaired) electrons. The molecule has 2 aromatic carbocycles. The number of piperidine rings is 1. The van der Waals surface area contributed by atoms with Gasteiger partial charge in [0.15, 0.2) is 0 Å². The van der Waals surface area contributed by atoms with Crippen LogP contribution >= 0.6 is 0 Å². The smallest absolute Gasteiger partial charge is 0.251 e. The van der Waals surface area contributed by atoms with Gasteiger partial charge in [-0.3, -0.25) is 4.79 Å². The monoisotopic (exact) mass is 456 g/mol. The fourth-order valence-electron chi connectivity index (χ4n) is 3.94. The minimum Gasteiger partial charge on any atom is -0.355 e. The van der Waals surface area contributed by atoms with Gasteiger partial charge in [0.2, 0.25) is 23.6 Å². The van der Waals surface area contributed by atoms with Crippen LogP contribution in [-0.2, 0) is 0 Å². The molecule has 5 rings (SSSR count). The number of aromatic nitrogens is 5. The van der Waals surface area contributed by atoms with Crippen molar-refractivity contribution in [1.29, 1.82) is 0 Å². The molecule has 0 spiro atoms. The standard InChI is InChI=1S/C24H24N8O2/c1-25-21(33)18-8-5-9-19(14-18)28-23-26-15-27-24(30-23)32-12-10-17(11-13-32)22-29-20(31-34-22)16-6-3-2-4-7-16/h2-9,14-15,17H,10-13H2,1H3,(H,25,33)(H,26,27,28,30). The van der Waals surface area contributed by atoms with E-state index in [9.17, 15) is 4.79 Å². The van der Waals surface area contributed by atoms with Crippen LogP contribution in [0.4, 0.5) is 17.6 Å². The number of hydrogen-bond acceptors (Lipinski definition) is 9. The highest BCUT2D eigenvalue weighted by molar-refractivity contribution is 5.95. The molecule has 1 amide bonds. The molecule has 1 aliphatic rings. The lowest BCUT2D eigenvalue weighted by Crippen LogP contribution is -2.34. The summed E-state index contributed by atoms with van der Waals surface area (Å²) in [5.41, 5.74) is 2.23. The number of nitrogens with one attached hydrogen (secondary N) is 2. The van der Waals surface area contributed by atoms with E-state index in [1.807, 2.05) is 36.4 Å². The van der Waals surface area contributed by atoms with Crippen molar-refractivity contribution in [2.45, 2.75) is 18.8 Å². The third-order valence-electron chi connectivity index (χ3n) is 5.77. The SMILES string of the molecule is CNC(=O)c1cccc(Nc2ncnc(N3CCC(c4nc(-c5ccccc5)no4)CC3)n2)c1. The van der Waals surface area contributed by atoms with Crippen LogP contribution in [0.15, 0.2) is 65.4 Å². The molecule has 0 saturated carbocycles. The second-order valence-electron chi connectivity index (χ2n) is 7.98. The number of benzene rings is 2. The average Bonchev–Trinajstić information content (AvgIpc) is 3.40. The van der Waals surface area contributed by atoms with Crippen molar-refractivity contribution < 1.29 is 9.32 Å². The number of amides is 1. The number of carbonyl (C=O) groups is 1. The van der Waals surface area contributed by atoms with Gasteiger partial charge in [-0.2, -0.15) is 9.97 Å². The second-order valence-corrected chi connectivity index (χ2v) is 7.98. The van der Waals surface area contributed by atoms with Gasteiger partial charge in [0.1, 0.15) is 6.33 Å². The molecule has 3 heterocycles. The molecule has 34 heavy (non-hydrogen) atoms. The van der Waals surface area contributed by atoms with Gasteiger partial charge in [-0.1, -0.05) is 41.6 Å². The molecule has 1 fully saturated rings. The van der Waals surface area contributed by atoms with Crippen LogP contribution in [-0.4, -0.2) is 51.1 Å². The predicted molar refractivity (Wildman–Crippen MR) is 127 cm³/mol. The first-order valence-corrected chi connectivity index (χ1v) is 11.1. The molecule has 2 N–H and O–H groups in total. The lowest BCUT2D eigenvalue weighted by molar-refractivity contribution is 0.0963. The Hall–Kier alpha value is -4.34. The molecule has 0 bridgehead atoms. The molecular formula is C24H24N8O2. The second kappa shape index (κ2) is 9.65. The fourth-order valence-corrected chi connectivity index (χ4v) is 3.94. The predicted octanol–water partition coefficient (Wildman–Crippen LogP) is 3.41. The lowest BCUT2D eigenvalue weighted by atomic mass is 9.97. The van der Waals surface area contributed by atoms with E-state index in [1.54, 1.807) is 25.2 Å². The number of rotatable bonds is 6. The van der Waals surface area contributed by atoms with Crippen LogP contribution in [0.25, 0.3) is 11.4 Å².